The summed E-state index contributed by atoms with van der Waals surface area (Å²) in [7, 11) is 1.92. The lowest BCUT2D eigenvalue weighted by atomic mass is 10.0. The molecule has 0 aromatic heterocycles. The monoisotopic (exact) mass is 248 g/mol. The zero-order valence-corrected chi connectivity index (χ0v) is 11.5. The normalized spacial score (nSPS) is 10.3. The molecule has 0 heterocycles. The lowest BCUT2D eigenvalue weighted by Gasteiger charge is -2.09. The van der Waals surface area contributed by atoms with Gasteiger partial charge in [-0.3, -0.25) is 4.79 Å². The van der Waals surface area contributed by atoms with Gasteiger partial charge in [0.25, 0.3) is 5.91 Å². The first kappa shape index (κ1) is 14.7. The van der Waals surface area contributed by atoms with Crippen molar-refractivity contribution >= 4 is 5.91 Å². The second kappa shape index (κ2) is 8.70. The molecule has 100 valence electrons. The highest BCUT2D eigenvalue weighted by Gasteiger charge is 2.09. The molecule has 0 spiro atoms. The van der Waals surface area contributed by atoms with Gasteiger partial charge in [0, 0.05) is 12.1 Å². The molecule has 1 amide bonds. The fourth-order valence-electron chi connectivity index (χ4n) is 1.89. The van der Waals surface area contributed by atoms with E-state index in [2.05, 4.69) is 17.6 Å². The lowest BCUT2D eigenvalue weighted by molar-refractivity contribution is 0.0952. The first-order chi connectivity index (χ1) is 8.79. The Morgan fingerprint density at radius 2 is 1.94 bits per heavy atom. The van der Waals surface area contributed by atoms with E-state index in [1.54, 1.807) is 0 Å². The number of likely N-dealkylation sites (N-methyl/N-ethyl adjacent to an activating group) is 1. The molecule has 0 unspecified atom stereocenters. The molecule has 0 aliphatic rings. The van der Waals surface area contributed by atoms with E-state index in [9.17, 15) is 4.79 Å². The average molecular weight is 248 g/mol. The minimum absolute atomic E-state index is 0.0535. The molecule has 0 saturated heterocycles. The molecule has 3 nitrogen and oxygen atoms in total. The van der Waals surface area contributed by atoms with E-state index in [-0.39, 0.29) is 5.91 Å². The molecule has 0 radical (unpaired) electrons. The van der Waals surface area contributed by atoms with E-state index in [0.29, 0.717) is 0 Å². The Kier molecular flexibility index (Phi) is 7.11. The summed E-state index contributed by atoms with van der Waals surface area (Å²) < 4.78 is 0. The second-order valence-electron chi connectivity index (χ2n) is 4.47. The Morgan fingerprint density at radius 3 is 2.67 bits per heavy atom. The van der Waals surface area contributed by atoms with Crippen molar-refractivity contribution in [1.29, 1.82) is 0 Å². The van der Waals surface area contributed by atoms with Gasteiger partial charge in [-0.1, -0.05) is 38.0 Å². The third-order valence-electron chi connectivity index (χ3n) is 2.97. The van der Waals surface area contributed by atoms with Gasteiger partial charge in [0.15, 0.2) is 0 Å². The van der Waals surface area contributed by atoms with Gasteiger partial charge in [-0.25, -0.2) is 0 Å². The highest BCUT2D eigenvalue weighted by atomic mass is 16.1. The van der Waals surface area contributed by atoms with Crippen molar-refractivity contribution in [2.45, 2.75) is 32.6 Å². The average Bonchev–Trinajstić information content (AvgIpc) is 2.41. The maximum absolute atomic E-state index is 12.1. The van der Waals surface area contributed by atoms with Gasteiger partial charge in [0.2, 0.25) is 0 Å². The number of carbonyl (C=O) groups is 1. The topological polar surface area (TPSA) is 41.1 Å². The maximum atomic E-state index is 12.1. The van der Waals surface area contributed by atoms with E-state index in [4.69, 9.17) is 0 Å². The fraction of sp³-hybridized carbons (Fsp3) is 0.533. The van der Waals surface area contributed by atoms with Gasteiger partial charge >= 0.3 is 0 Å². The molecule has 0 fully saturated rings. The van der Waals surface area contributed by atoms with Crippen LogP contribution in [-0.4, -0.2) is 26.0 Å². The largest absolute Gasteiger partial charge is 0.352 e. The van der Waals surface area contributed by atoms with E-state index < -0.39 is 0 Å². The molecule has 1 rings (SSSR count). The van der Waals surface area contributed by atoms with Crippen LogP contribution in [0.2, 0.25) is 0 Å². The molecule has 1 aromatic carbocycles. The Labute approximate surface area is 110 Å². The summed E-state index contributed by atoms with van der Waals surface area (Å²) in [5.41, 5.74) is 1.92. The second-order valence-corrected chi connectivity index (χ2v) is 4.47. The minimum Gasteiger partial charge on any atom is -0.352 e. The molecule has 0 saturated carbocycles. The van der Waals surface area contributed by atoms with Crippen LogP contribution in [0.25, 0.3) is 0 Å². The molecule has 0 aliphatic carbocycles. The number of benzene rings is 1. The Morgan fingerprint density at radius 1 is 1.17 bits per heavy atom. The molecular formula is C15H24N2O. The van der Waals surface area contributed by atoms with Crippen LogP contribution in [0.4, 0.5) is 0 Å². The number of carbonyl (C=O) groups excluding carboxylic acids is 1. The summed E-state index contributed by atoms with van der Waals surface area (Å²) in [6.45, 7) is 3.82. The van der Waals surface area contributed by atoms with Crippen LogP contribution in [0, 0.1) is 0 Å². The van der Waals surface area contributed by atoms with Crippen molar-refractivity contribution in [3.63, 3.8) is 0 Å². The van der Waals surface area contributed by atoms with Crippen molar-refractivity contribution < 1.29 is 4.79 Å². The fourth-order valence-corrected chi connectivity index (χ4v) is 1.89. The van der Waals surface area contributed by atoms with Crippen LogP contribution < -0.4 is 10.6 Å². The van der Waals surface area contributed by atoms with Gasteiger partial charge in [-0.15, -0.1) is 0 Å². The smallest absolute Gasteiger partial charge is 0.251 e. The van der Waals surface area contributed by atoms with Crippen molar-refractivity contribution in [1.82, 2.24) is 10.6 Å². The van der Waals surface area contributed by atoms with Gasteiger partial charge in [-0.2, -0.15) is 0 Å². The van der Waals surface area contributed by atoms with Gasteiger partial charge in [0.1, 0.15) is 0 Å². The zero-order valence-electron chi connectivity index (χ0n) is 11.5. The Bertz CT molecular complexity index is 363. The van der Waals surface area contributed by atoms with Gasteiger partial charge in [-0.05, 0) is 38.1 Å². The number of amides is 1. The SMILES string of the molecule is CCCCCNC(=O)c1ccccc1CCNC. The van der Waals surface area contributed by atoms with Gasteiger partial charge < -0.3 is 10.6 Å². The van der Waals surface area contributed by atoms with Crippen LogP contribution in [0.5, 0.6) is 0 Å². The molecular weight excluding hydrogens is 224 g/mol. The summed E-state index contributed by atoms with van der Waals surface area (Å²) in [4.78, 5) is 12.1. The summed E-state index contributed by atoms with van der Waals surface area (Å²) in [5, 5.41) is 6.10. The quantitative estimate of drug-likeness (QED) is 0.693. The van der Waals surface area contributed by atoms with E-state index in [1.807, 2.05) is 31.3 Å². The maximum Gasteiger partial charge on any atom is 0.251 e. The Hall–Kier alpha value is -1.35. The zero-order chi connectivity index (χ0) is 13.2. The molecule has 2 N–H and O–H groups in total. The summed E-state index contributed by atoms with van der Waals surface area (Å²) in [5.74, 6) is 0.0535. The summed E-state index contributed by atoms with van der Waals surface area (Å²) >= 11 is 0. The summed E-state index contributed by atoms with van der Waals surface area (Å²) in [6, 6.07) is 7.83. The minimum atomic E-state index is 0.0535. The van der Waals surface area contributed by atoms with Crippen LogP contribution in [0.1, 0.15) is 42.1 Å². The first-order valence-electron chi connectivity index (χ1n) is 6.80. The third kappa shape index (κ3) is 4.88. The number of unbranched alkanes of at least 4 members (excludes halogenated alkanes) is 2. The third-order valence-corrected chi connectivity index (χ3v) is 2.97. The number of hydrogen-bond acceptors (Lipinski definition) is 2. The number of nitrogens with one attached hydrogen (secondary N) is 2. The molecule has 18 heavy (non-hydrogen) atoms. The molecule has 1 aromatic rings. The molecule has 0 bridgehead atoms. The van der Waals surface area contributed by atoms with Crippen molar-refractivity contribution in [3.05, 3.63) is 35.4 Å². The van der Waals surface area contributed by atoms with E-state index in [1.165, 1.54) is 12.8 Å². The molecule has 0 aliphatic heterocycles. The predicted octanol–water partition coefficient (Wildman–Crippen LogP) is 2.37. The van der Waals surface area contributed by atoms with E-state index in [0.717, 1.165) is 37.1 Å². The van der Waals surface area contributed by atoms with Crippen LogP contribution in [0.3, 0.4) is 0 Å². The van der Waals surface area contributed by atoms with Crippen molar-refractivity contribution in [2.75, 3.05) is 20.1 Å². The van der Waals surface area contributed by atoms with Crippen molar-refractivity contribution in [2.24, 2.45) is 0 Å². The first-order valence-corrected chi connectivity index (χ1v) is 6.80. The predicted molar refractivity (Wildman–Crippen MR) is 75.9 cm³/mol. The molecule has 0 atom stereocenters. The Balaban J connectivity index is 2.55. The number of hydrogen-bond donors (Lipinski definition) is 2. The van der Waals surface area contributed by atoms with Crippen LogP contribution in [-0.2, 0) is 6.42 Å². The van der Waals surface area contributed by atoms with Gasteiger partial charge in [0.05, 0.1) is 0 Å². The highest BCUT2D eigenvalue weighted by molar-refractivity contribution is 5.95. The van der Waals surface area contributed by atoms with Crippen molar-refractivity contribution in [3.8, 4) is 0 Å². The lowest BCUT2D eigenvalue weighted by Crippen LogP contribution is -2.26. The standard InChI is InChI=1S/C15H24N2O/c1-3-4-7-11-17-15(18)14-9-6-5-8-13(14)10-12-16-2/h5-6,8-9,16H,3-4,7,10-12H2,1-2H3,(H,17,18). The molecule has 3 heteroatoms. The summed E-state index contributed by atoms with van der Waals surface area (Å²) in [6.07, 6.45) is 4.28. The van der Waals surface area contributed by atoms with E-state index >= 15 is 0 Å². The van der Waals surface area contributed by atoms with Crippen LogP contribution >= 0.6 is 0 Å². The highest BCUT2D eigenvalue weighted by Crippen LogP contribution is 2.09. The number of rotatable bonds is 8. The van der Waals surface area contributed by atoms with Crippen LogP contribution in [0.15, 0.2) is 24.3 Å².